The lowest BCUT2D eigenvalue weighted by Crippen LogP contribution is -2.44. The van der Waals surface area contributed by atoms with Crippen LogP contribution >= 0.6 is 12.4 Å². The fourth-order valence-corrected chi connectivity index (χ4v) is 1.20. The minimum absolute atomic E-state index is 0. The first-order chi connectivity index (χ1) is 6.41. The number of nitrogens with two attached hydrogens (primary N) is 1. The third-order valence-electron chi connectivity index (χ3n) is 2.36. The van der Waals surface area contributed by atoms with Crippen molar-refractivity contribution >= 4 is 18.4 Å². The first-order valence-electron chi connectivity index (χ1n) is 4.95. The number of halogens is 1. The van der Waals surface area contributed by atoms with Crippen LogP contribution in [0.2, 0.25) is 0 Å². The molecule has 1 saturated heterocycles. The van der Waals surface area contributed by atoms with E-state index in [0.29, 0.717) is 13.2 Å². The van der Waals surface area contributed by atoms with Gasteiger partial charge in [-0.2, -0.15) is 0 Å². The Hall–Kier alpha value is -0.320. The fourth-order valence-electron chi connectivity index (χ4n) is 1.20. The molecule has 1 heterocycles. The number of carbonyl (C=O) groups is 1. The van der Waals surface area contributed by atoms with E-state index in [0.717, 1.165) is 6.42 Å². The Bertz CT molecular complexity index is 209. The van der Waals surface area contributed by atoms with E-state index in [4.69, 9.17) is 15.2 Å². The van der Waals surface area contributed by atoms with Crippen LogP contribution in [-0.4, -0.2) is 31.3 Å². The molecule has 2 atom stereocenters. The molecule has 0 aromatic carbocycles. The maximum Gasteiger partial charge on any atom is 0.323 e. The molecule has 1 unspecified atom stereocenters. The topological polar surface area (TPSA) is 61.6 Å². The Kier molecular flexibility index (Phi) is 5.56. The zero-order valence-corrected chi connectivity index (χ0v) is 10.3. The molecule has 1 aliphatic heterocycles. The number of rotatable bonds is 2. The van der Waals surface area contributed by atoms with Gasteiger partial charge in [0.2, 0.25) is 0 Å². The summed E-state index contributed by atoms with van der Waals surface area (Å²) < 4.78 is 10.3. The largest absolute Gasteiger partial charge is 0.459 e. The van der Waals surface area contributed by atoms with Crippen molar-refractivity contribution in [2.24, 2.45) is 11.1 Å². The summed E-state index contributed by atoms with van der Waals surface area (Å²) in [6, 6.07) is -0.567. The highest BCUT2D eigenvalue weighted by molar-refractivity contribution is 5.85. The Balaban J connectivity index is 0.00000196. The lowest BCUT2D eigenvalue weighted by Gasteiger charge is -2.26. The van der Waals surface area contributed by atoms with Crippen LogP contribution in [0.4, 0.5) is 0 Å². The fraction of sp³-hybridized carbons (Fsp3) is 0.900. The SMILES string of the molecule is CC(C)(C)[C@H](N)C(=O)OC1CCOC1.Cl. The Morgan fingerprint density at radius 1 is 1.53 bits per heavy atom. The zero-order valence-electron chi connectivity index (χ0n) is 9.49. The van der Waals surface area contributed by atoms with Crippen LogP contribution in [0.15, 0.2) is 0 Å². The molecule has 15 heavy (non-hydrogen) atoms. The summed E-state index contributed by atoms with van der Waals surface area (Å²) in [6.07, 6.45) is 0.679. The predicted octanol–water partition coefficient (Wildman–Crippen LogP) is 1.11. The average Bonchev–Trinajstić information content (AvgIpc) is 2.53. The molecule has 5 heteroatoms. The van der Waals surface area contributed by atoms with Crippen LogP contribution in [0.5, 0.6) is 0 Å². The van der Waals surface area contributed by atoms with Crippen molar-refractivity contribution in [2.75, 3.05) is 13.2 Å². The maximum absolute atomic E-state index is 11.5. The molecule has 1 aliphatic rings. The summed E-state index contributed by atoms with van der Waals surface area (Å²) in [5.41, 5.74) is 5.50. The van der Waals surface area contributed by atoms with E-state index >= 15 is 0 Å². The number of hydrogen-bond donors (Lipinski definition) is 1. The molecule has 2 N–H and O–H groups in total. The molecule has 90 valence electrons. The molecule has 0 saturated carbocycles. The highest BCUT2D eigenvalue weighted by atomic mass is 35.5. The first-order valence-corrected chi connectivity index (χ1v) is 4.95. The molecule has 0 aromatic rings. The van der Waals surface area contributed by atoms with Crippen LogP contribution in [0.1, 0.15) is 27.2 Å². The van der Waals surface area contributed by atoms with Crippen LogP contribution in [-0.2, 0) is 14.3 Å². The maximum atomic E-state index is 11.5. The van der Waals surface area contributed by atoms with Crippen molar-refractivity contribution in [1.82, 2.24) is 0 Å². The minimum Gasteiger partial charge on any atom is -0.459 e. The van der Waals surface area contributed by atoms with Crippen molar-refractivity contribution in [3.8, 4) is 0 Å². The normalized spacial score (nSPS) is 23.1. The summed E-state index contributed by atoms with van der Waals surface area (Å²) in [6.45, 7) is 6.93. The van der Waals surface area contributed by atoms with Gasteiger partial charge < -0.3 is 15.2 Å². The Morgan fingerprint density at radius 3 is 2.53 bits per heavy atom. The summed E-state index contributed by atoms with van der Waals surface area (Å²) in [5, 5.41) is 0. The number of hydrogen-bond acceptors (Lipinski definition) is 4. The highest BCUT2D eigenvalue weighted by Crippen LogP contribution is 2.19. The highest BCUT2D eigenvalue weighted by Gasteiger charge is 2.31. The van der Waals surface area contributed by atoms with E-state index in [1.807, 2.05) is 20.8 Å². The number of carbonyl (C=O) groups excluding carboxylic acids is 1. The second kappa shape index (κ2) is 5.68. The van der Waals surface area contributed by atoms with Gasteiger partial charge in [-0.25, -0.2) is 0 Å². The quantitative estimate of drug-likeness (QED) is 0.731. The average molecular weight is 238 g/mol. The molecule has 0 amide bonds. The molecule has 1 rings (SSSR count). The van der Waals surface area contributed by atoms with Gasteiger partial charge in [0, 0.05) is 6.42 Å². The van der Waals surface area contributed by atoms with Crippen LogP contribution in [0, 0.1) is 5.41 Å². The van der Waals surface area contributed by atoms with Gasteiger partial charge in [0.15, 0.2) is 0 Å². The lowest BCUT2D eigenvalue weighted by molar-refractivity contribution is -0.153. The van der Waals surface area contributed by atoms with Crippen LogP contribution in [0.3, 0.4) is 0 Å². The van der Waals surface area contributed by atoms with Crippen LogP contribution in [0.25, 0.3) is 0 Å². The van der Waals surface area contributed by atoms with E-state index in [1.54, 1.807) is 0 Å². The van der Waals surface area contributed by atoms with Gasteiger partial charge in [-0.3, -0.25) is 4.79 Å². The third kappa shape index (κ3) is 4.36. The Labute approximate surface area is 96.9 Å². The predicted molar refractivity (Wildman–Crippen MR) is 60.0 cm³/mol. The van der Waals surface area contributed by atoms with E-state index in [1.165, 1.54) is 0 Å². The molecule has 0 spiro atoms. The monoisotopic (exact) mass is 237 g/mol. The summed E-state index contributed by atoms with van der Waals surface area (Å²) >= 11 is 0. The lowest BCUT2D eigenvalue weighted by atomic mass is 9.87. The second-order valence-corrected chi connectivity index (χ2v) is 4.77. The van der Waals surface area contributed by atoms with Gasteiger partial charge in [0.05, 0.1) is 13.2 Å². The Morgan fingerprint density at radius 2 is 2.13 bits per heavy atom. The van der Waals surface area contributed by atoms with Gasteiger partial charge in [-0.1, -0.05) is 20.8 Å². The molecule has 0 radical (unpaired) electrons. The van der Waals surface area contributed by atoms with E-state index < -0.39 is 6.04 Å². The molecule has 1 fully saturated rings. The second-order valence-electron chi connectivity index (χ2n) is 4.77. The van der Waals surface area contributed by atoms with Gasteiger partial charge in [0.25, 0.3) is 0 Å². The molecular weight excluding hydrogens is 218 g/mol. The van der Waals surface area contributed by atoms with Gasteiger partial charge in [-0.15, -0.1) is 12.4 Å². The summed E-state index contributed by atoms with van der Waals surface area (Å²) in [5.74, 6) is -0.326. The van der Waals surface area contributed by atoms with Gasteiger partial charge in [0.1, 0.15) is 12.1 Å². The van der Waals surface area contributed by atoms with Crippen molar-refractivity contribution in [3.05, 3.63) is 0 Å². The van der Waals surface area contributed by atoms with E-state index in [9.17, 15) is 4.79 Å². The number of esters is 1. The van der Waals surface area contributed by atoms with Crippen molar-refractivity contribution < 1.29 is 14.3 Å². The molecular formula is C10H20ClNO3. The first kappa shape index (κ1) is 14.7. The standard InChI is InChI=1S/C10H19NO3.ClH/c1-10(2,3)8(11)9(12)14-7-4-5-13-6-7;/h7-8H,4-6,11H2,1-3H3;1H/t7?,8-;/m1./s1. The van der Waals surface area contributed by atoms with Gasteiger partial charge in [-0.05, 0) is 5.41 Å². The molecule has 0 aliphatic carbocycles. The van der Waals surface area contributed by atoms with Crippen molar-refractivity contribution in [2.45, 2.75) is 39.3 Å². The molecule has 0 bridgehead atoms. The molecule has 4 nitrogen and oxygen atoms in total. The summed E-state index contributed by atoms with van der Waals surface area (Å²) in [7, 11) is 0. The third-order valence-corrected chi connectivity index (χ3v) is 2.36. The van der Waals surface area contributed by atoms with Crippen molar-refractivity contribution in [3.63, 3.8) is 0 Å². The van der Waals surface area contributed by atoms with Crippen molar-refractivity contribution in [1.29, 1.82) is 0 Å². The number of ether oxygens (including phenoxy) is 2. The van der Waals surface area contributed by atoms with Crippen LogP contribution < -0.4 is 5.73 Å². The zero-order chi connectivity index (χ0) is 10.8. The van der Waals surface area contributed by atoms with E-state index in [2.05, 4.69) is 0 Å². The molecule has 0 aromatic heterocycles. The van der Waals surface area contributed by atoms with Gasteiger partial charge >= 0.3 is 5.97 Å². The summed E-state index contributed by atoms with van der Waals surface area (Å²) in [4.78, 5) is 11.5. The smallest absolute Gasteiger partial charge is 0.323 e. The minimum atomic E-state index is -0.567. The van der Waals surface area contributed by atoms with E-state index in [-0.39, 0.29) is 29.9 Å².